The van der Waals surface area contributed by atoms with Crippen LogP contribution >= 0.6 is 0 Å². The second-order valence-corrected chi connectivity index (χ2v) is 1.52. The highest BCUT2D eigenvalue weighted by atomic mass is 16.2. The van der Waals surface area contributed by atoms with Gasteiger partial charge in [0, 0.05) is 13.0 Å². The van der Waals surface area contributed by atoms with Crippen molar-refractivity contribution >= 4 is 5.91 Å². The van der Waals surface area contributed by atoms with Crippen molar-refractivity contribution in [1.82, 2.24) is 10.9 Å². The van der Waals surface area contributed by atoms with Crippen molar-refractivity contribution in [1.29, 1.82) is 0 Å². The van der Waals surface area contributed by atoms with Gasteiger partial charge in [0.15, 0.2) is 0 Å². The Kier molecular flexibility index (Phi) is 1.26. The lowest BCUT2D eigenvalue weighted by Crippen LogP contribution is -2.36. The molecule has 0 aromatic carbocycles. The van der Waals surface area contributed by atoms with Crippen molar-refractivity contribution in [3.05, 3.63) is 0 Å². The third kappa shape index (κ3) is 1.16. The monoisotopic (exact) mass is 99.1 g/mol. The summed E-state index contributed by atoms with van der Waals surface area (Å²) in [5.74, 6) is 0.0475. The third-order valence-corrected chi connectivity index (χ3v) is 0.878. The van der Waals surface area contributed by atoms with Gasteiger partial charge in [0.2, 0.25) is 5.91 Å². The number of hydrogen-bond donors (Lipinski definition) is 1. The summed E-state index contributed by atoms with van der Waals surface area (Å²) in [5.41, 5.74) is 6.03. The van der Waals surface area contributed by atoms with Crippen LogP contribution in [0.3, 0.4) is 0 Å². The molecule has 0 atom stereocenters. The van der Waals surface area contributed by atoms with Crippen molar-refractivity contribution in [3.8, 4) is 0 Å². The van der Waals surface area contributed by atoms with Gasteiger partial charge in [0.05, 0.1) is 0 Å². The number of carbonyl (C=O) groups is 1. The topological polar surface area (TPSA) is 43.2 Å². The molecular formula is C4H7N2O. The number of nitrogens with zero attached hydrogens (tertiary/aromatic N) is 1. The maximum Gasteiger partial charge on any atom is 0.235 e. The van der Waals surface area contributed by atoms with Crippen molar-refractivity contribution in [2.24, 2.45) is 0 Å². The van der Waals surface area contributed by atoms with Gasteiger partial charge in [-0.1, -0.05) is 0 Å². The molecule has 0 aromatic heterocycles. The molecule has 1 amide bonds. The molecule has 1 rings (SSSR count). The van der Waals surface area contributed by atoms with Gasteiger partial charge in [-0.3, -0.25) is 10.2 Å². The summed E-state index contributed by atoms with van der Waals surface area (Å²) in [4.78, 5) is 10.3. The lowest BCUT2D eigenvalue weighted by molar-refractivity contribution is -0.123. The summed E-state index contributed by atoms with van der Waals surface area (Å²) in [6.07, 6.45) is 1.55. The van der Waals surface area contributed by atoms with Gasteiger partial charge in [0.1, 0.15) is 0 Å². The summed E-state index contributed by atoms with van der Waals surface area (Å²) in [7, 11) is 0. The van der Waals surface area contributed by atoms with Crippen molar-refractivity contribution in [2.45, 2.75) is 12.8 Å². The highest BCUT2D eigenvalue weighted by Gasteiger charge is 2.05. The Morgan fingerprint density at radius 1 is 1.71 bits per heavy atom. The molecule has 1 heterocycles. The first-order valence-electron chi connectivity index (χ1n) is 2.35. The van der Waals surface area contributed by atoms with E-state index in [1.807, 2.05) is 0 Å². The summed E-state index contributed by atoms with van der Waals surface area (Å²) >= 11 is 0. The Hall–Kier alpha value is -0.570. The minimum absolute atomic E-state index is 0.0475. The zero-order valence-electron chi connectivity index (χ0n) is 3.98. The first kappa shape index (κ1) is 4.59. The lowest BCUT2D eigenvalue weighted by Gasteiger charge is -2.08. The first-order valence-corrected chi connectivity index (χ1v) is 2.35. The second-order valence-electron chi connectivity index (χ2n) is 1.52. The molecule has 0 spiro atoms. The molecule has 1 saturated heterocycles. The minimum atomic E-state index is 0.0475. The molecule has 1 aliphatic heterocycles. The standard InChI is InChI=1S/C4H7N2O/c7-4-2-1-3-5-6-4/h1-3H2,(H,6,7). The zero-order chi connectivity index (χ0) is 5.11. The van der Waals surface area contributed by atoms with Gasteiger partial charge in [-0.15, -0.1) is 5.43 Å². The SMILES string of the molecule is O=C1CCC[N]N1. The third-order valence-electron chi connectivity index (χ3n) is 0.878. The van der Waals surface area contributed by atoms with E-state index in [-0.39, 0.29) is 5.91 Å². The van der Waals surface area contributed by atoms with E-state index in [0.29, 0.717) is 6.42 Å². The molecule has 3 heteroatoms. The lowest BCUT2D eigenvalue weighted by atomic mass is 10.3. The molecule has 1 aliphatic rings. The minimum Gasteiger partial charge on any atom is -0.274 e. The van der Waals surface area contributed by atoms with Crippen LogP contribution in [0.4, 0.5) is 0 Å². The molecule has 0 saturated carbocycles. The van der Waals surface area contributed by atoms with E-state index in [2.05, 4.69) is 10.9 Å². The van der Waals surface area contributed by atoms with Gasteiger partial charge >= 0.3 is 0 Å². The Morgan fingerprint density at radius 3 is 2.86 bits per heavy atom. The molecule has 0 unspecified atom stereocenters. The predicted molar refractivity (Wildman–Crippen MR) is 24.4 cm³/mol. The van der Waals surface area contributed by atoms with Crippen LogP contribution in [-0.2, 0) is 4.79 Å². The van der Waals surface area contributed by atoms with E-state index >= 15 is 0 Å². The number of nitrogens with one attached hydrogen (secondary N) is 1. The van der Waals surface area contributed by atoms with Crippen LogP contribution in [0, 0.1) is 0 Å². The van der Waals surface area contributed by atoms with Gasteiger partial charge in [-0.25, -0.2) is 0 Å². The van der Waals surface area contributed by atoms with E-state index in [1.165, 1.54) is 0 Å². The van der Waals surface area contributed by atoms with Crippen molar-refractivity contribution in [3.63, 3.8) is 0 Å². The smallest absolute Gasteiger partial charge is 0.235 e. The molecule has 0 aromatic rings. The van der Waals surface area contributed by atoms with Crippen LogP contribution in [0.25, 0.3) is 0 Å². The fourth-order valence-corrected chi connectivity index (χ4v) is 0.519. The molecule has 39 valence electrons. The zero-order valence-corrected chi connectivity index (χ0v) is 3.98. The number of hydrogen-bond acceptors (Lipinski definition) is 1. The number of rotatable bonds is 0. The highest BCUT2D eigenvalue weighted by Crippen LogP contribution is 1.90. The predicted octanol–water partition coefficient (Wildman–Crippen LogP) is -0.584. The van der Waals surface area contributed by atoms with Crippen molar-refractivity contribution < 1.29 is 4.79 Å². The average Bonchev–Trinajstić information content (AvgIpc) is 1.69. The molecule has 7 heavy (non-hydrogen) atoms. The van der Waals surface area contributed by atoms with Crippen LogP contribution in [0.5, 0.6) is 0 Å². The molecule has 0 bridgehead atoms. The van der Waals surface area contributed by atoms with Crippen LogP contribution in [-0.4, -0.2) is 12.5 Å². The quantitative estimate of drug-likeness (QED) is 0.433. The van der Waals surface area contributed by atoms with Gasteiger partial charge in [-0.2, -0.15) is 0 Å². The van der Waals surface area contributed by atoms with Crippen LogP contribution < -0.4 is 10.9 Å². The molecule has 3 nitrogen and oxygen atoms in total. The van der Waals surface area contributed by atoms with Gasteiger partial charge in [-0.05, 0) is 6.42 Å². The second kappa shape index (κ2) is 1.93. The number of carbonyl (C=O) groups excluding carboxylic acids is 1. The maximum absolute atomic E-state index is 10.3. The fourth-order valence-electron chi connectivity index (χ4n) is 0.519. The molecule has 1 N–H and O–H groups in total. The average molecular weight is 99.1 g/mol. The molecule has 1 radical (unpaired) electrons. The highest BCUT2D eigenvalue weighted by molar-refractivity contribution is 5.75. The first-order chi connectivity index (χ1) is 3.39. The van der Waals surface area contributed by atoms with E-state index in [0.717, 1.165) is 13.0 Å². The van der Waals surface area contributed by atoms with E-state index in [4.69, 9.17) is 0 Å². The fraction of sp³-hybridized carbons (Fsp3) is 0.750. The Balaban J connectivity index is 2.25. The molecule has 0 aliphatic carbocycles. The van der Waals surface area contributed by atoms with Gasteiger partial charge in [0.25, 0.3) is 0 Å². The van der Waals surface area contributed by atoms with Crippen molar-refractivity contribution in [2.75, 3.05) is 6.54 Å². The van der Waals surface area contributed by atoms with Crippen LogP contribution in [0.15, 0.2) is 0 Å². The van der Waals surface area contributed by atoms with Crippen LogP contribution in [0.2, 0.25) is 0 Å². The van der Waals surface area contributed by atoms with E-state index < -0.39 is 0 Å². The maximum atomic E-state index is 10.3. The molecular weight excluding hydrogens is 92.1 g/mol. The van der Waals surface area contributed by atoms with E-state index in [9.17, 15) is 4.79 Å². The Morgan fingerprint density at radius 2 is 2.57 bits per heavy atom. The van der Waals surface area contributed by atoms with Gasteiger partial charge < -0.3 is 0 Å². The molecule has 1 fully saturated rings. The Labute approximate surface area is 42.1 Å². The largest absolute Gasteiger partial charge is 0.274 e. The summed E-state index contributed by atoms with van der Waals surface area (Å²) in [5, 5.41) is 0. The number of amides is 1. The normalized spacial score (nSPS) is 21.4. The summed E-state index contributed by atoms with van der Waals surface area (Å²) in [6.45, 7) is 0.783. The van der Waals surface area contributed by atoms with E-state index in [1.54, 1.807) is 0 Å². The van der Waals surface area contributed by atoms with Crippen LogP contribution in [0.1, 0.15) is 12.8 Å². The Bertz CT molecular complexity index is 73.8. The summed E-state index contributed by atoms with van der Waals surface area (Å²) in [6, 6.07) is 0. The summed E-state index contributed by atoms with van der Waals surface area (Å²) < 4.78 is 0.